The molecule has 2 aromatic rings. The summed E-state index contributed by atoms with van der Waals surface area (Å²) in [5.41, 5.74) is 3.72. The first kappa shape index (κ1) is 14.0. The summed E-state index contributed by atoms with van der Waals surface area (Å²) < 4.78 is 0. The molecule has 0 fully saturated rings. The number of pyridine rings is 1. The Morgan fingerprint density at radius 2 is 1.89 bits per heavy atom. The van der Waals surface area contributed by atoms with Crippen molar-refractivity contribution in [2.45, 2.75) is 26.3 Å². The third kappa shape index (κ3) is 4.34. The lowest BCUT2D eigenvalue weighted by molar-refractivity contribution is 0.675. The van der Waals surface area contributed by atoms with E-state index in [4.69, 9.17) is 11.6 Å². The number of hydrogen-bond acceptors (Lipinski definition) is 2. The molecule has 1 aromatic carbocycles. The summed E-state index contributed by atoms with van der Waals surface area (Å²) in [6, 6.07) is 10.4. The molecule has 19 heavy (non-hydrogen) atoms. The third-order valence-corrected chi connectivity index (χ3v) is 3.38. The van der Waals surface area contributed by atoms with Crippen molar-refractivity contribution in [2.24, 2.45) is 0 Å². The van der Waals surface area contributed by atoms with Crippen LogP contribution in [0.5, 0.6) is 0 Å². The van der Waals surface area contributed by atoms with E-state index in [1.807, 2.05) is 30.6 Å². The number of nitrogens with zero attached hydrogens (tertiary/aromatic N) is 1. The molecule has 0 saturated heterocycles. The van der Waals surface area contributed by atoms with E-state index in [0.29, 0.717) is 0 Å². The number of halogens is 1. The maximum absolute atomic E-state index is 6.23. The van der Waals surface area contributed by atoms with Crippen LogP contribution in [0.25, 0.3) is 0 Å². The lowest BCUT2D eigenvalue weighted by Crippen LogP contribution is -2.14. The molecule has 0 bridgehead atoms. The highest BCUT2D eigenvalue weighted by atomic mass is 35.5. The van der Waals surface area contributed by atoms with Crippen LogP contribution in [0.4, 0.5) is 0 Å². The first-order valence-corrected chi connectivity index (χ1v) is 7.04. The highest BCUT2D eigenvalue weighted by Crippen LogP contribution is 2.19. The van der Waals surface area contributed by atoms with E-state index in [1.54, 1.807) is 0 Å². The maximum atomic E-state index is 6.23. The van der Waals surface area contributed by atoms with E-state index in [1.165, 1.54) is 16.7 Å². The predicted molar refractivity (Wildman–Crippen MR) is 80.5 cm³/mol. The Hall–Kier alpha value is -1.38. The molecule has 0 saturated carbocycles. The summed E-state index contributed by atoms with van der Waals surface area (Å²) in [5.74, 6) is 0. The second-order valence-electron chi connectivity index (χ2n) is 4.63. The third-order valence-electron chi connectivity index (χ3n) is 3.01. The van der Waals surface area contributed by atoms with Gasteiger partial charge in [-0.3, -0.25) is 4.98 Å². The van der Waals surface area contributed by atoms with Gasteiger partial charge in [0.15, 0.2) is 0 Å². The van der Waals surface area contributed by atoms with Crippen molar-refractivity contribution in [1.82, 2.24) is 10.3 Å². The summed E-state index contributed by atoms with van der Waals surface area (Å²) in [7, 11) is 0. The fraction of sp³-hybridized carbons (Fsp3) is 0.312. The Morgan fingerprint density at radius 3 is 2.63 bits per heavy atom. The highest BCUT2D eigenvalue weighted by molar-refractivity contribution is 6.31. The van der Waals surface area contributed by atoms with Gasteiger partial charge in [0.25, 0.3) is 0 Å². The molecule has 0 aliphatic rings. The first-order valence-electron chi connectivity index (χ1n) is 6.66. The predicted octanol–water partition coefficient (Wildman–Crippen LogP) is 3.83. The van der Waals surface area contributed by atoms with E-state index in [-0.39, 0.29) is 0 Å². The average Bonchev–Trinajstić information content (AvgIpc) is 2.44. The summed E-state index contributed by atoms with van der Waals surface area (Å²) >= 11 is 6.23. The van der Waals surface area contributed by atoms with Gasteiger partial charge in [0, 0.05) is 24.0 Å². The van der Waals surface area contributed by atoms with E-state index in [0.717, 1.165) is 31.0 Å². The molecule has 1 heterocycles. The lowest BCUT2D eigenvalue weighted by Gasteiger charge is -2.09. The van der Waals surface area contributed by atoms with E-state index in [2.05, 4.69) is 29.4 Å². The van der Waals surface area contributed by atoms with E-state index < -0.39 is 0 Å². The van der Waals surface area contributed by atoms with Crippen molar-refractivity contribution in [3.8, 4) is 0 Å². The van der Waals surface area contributed by atoms with Crippen molar-refractivity contribution in [3.63, 3.8) is 0 Å². The van der Waals surface area contributed by atoms with Crippen molar-refractivity contribution in [3.05, 3.63) is 64.4 Å². The number of rotatable bonds is 6. The van der Waals surface area contributed by atoms with Crippen molar-refractivity contribution in [2.75, 3.05) is 6.54 Å². The van der Waals surface area contributed by atoms with Gasteiger partial charge in [-0.25, -0.2) is 0 Å². The molecule has 1 aromatic heterocycles. The largest absolute Gasteiger partial charge is 0.313 e. The Kier molecular flexibility index (Phi) is 5.37. The van der Waals surface area contributed by atoms with Crippen LogP contribution in [0.2, 0.25) is 5.02 Å². The fourth-order valence-corrected chi connectivity index (χ4v) is 2.19. The van der Waals surface area contributed by atoms with Gasteiger partial charge in [-0.1, -0.05) is 30.7 Å². The Bertz CT molecular complexity index is 511. The quantitative estimate of drug-likeness (QED) is 0.810. The zero-order valence-corrected chi connectivity index (χ0v) is 12.0. The lowest BCUT2D eigenvalue weighted by atomic mass is 10.0. The van der Waals surface area contributed by atoms with Crippen LogP contribution >= 0.6 is 11.6 Å². The van der Waals surface area contributed by atoms with Crippen LogP contribution in [0, 0.1) is 0 Å². The van der Waals surface area contributed by atoms with Gasteiger partial charge in [-0.2, -0.15) is 0 Å². The Morgan fingerprint density at radius 1 is 1.11 bits per heavy atom. The van der Waals surface area contributed by atoms with Crippen molar-refractivity contribution >= 4 is 11.6 Å². The maximum Gasteiger partial charge on any atom is 0.0451 e. The van der Waals surface area contributed by atoms with Gasteiger partial charge in [0.05, 0.1) is 0 Å². The van der Waals surface area contributed by atoms with Crippen LogP contribution in [0.15, 0.2) is 42.7 Å². The van der Waals surface area contributed by atoms with E-state index >= 15 is 0 Å². The van der Waals surface area contributed by atoms with Crippen molar-refractivity contribution < 1.29 is 0 Å². The van der Waals surface area contributed by atoms with Gasteiger partial charge in [-0.15, -0.1) is 0 Å². The smallest absolute Gasteiger partial charge is 0.0451 e. The number of benzene rings is 1. The Labute approximate surface area is 119 Å². The van der Waals surface area contributed by atoms with Gasteiger partial charge < -0.3 is 5.32 Å². The minimum absolute atomic E-state index is 0.830. The summed E-state index contributed by atoms with van der Waals surface area (Å²) in [4.78, 5) is 4.04. The highest BCUT2D eigenvalue weighted by Gasteiger charge is 2.03. The second kappa shape index (κ2) is 7.27. The molecule has 0 amide bonds. The zero-order valence-electron chi connectivity index (χ0n) is 11.2. The molecule has 0 atom stereocenters. The molecule has 0 aliphatic carbocycles. The molecule has 0 aliphatic heterocycles. The molecule has 2 nitrogen and oxygen atoms in total. The van der Waals surface area contributed by atoms with Crippen LogP contribution in [-0.2, 0) is 13.0 Å². The minimum atomic E-state index is 0.830. The SMILES string of the molecule is CCCNCc1cc(Cc2ccncc2)ccc1Cl. The molecule has 0 spiro atoms. The van der Waals surface area contributed by atoms with Gasteiger partial charge >= 0.3 is 0 Å². The van der Waals surface area contributed by atoms with Crippen LogP contribution in [0.3, 0.4) is 0 Å². The molecule has 0 unspecified atom stereocenters. The molecular weight excluding hydrogens is 256 g/mol. The fourth-order valence-electron chi connectivity index (χ4n) is 2.01. The van der Waals surface area contributed by atoms with Gasteiger partial charge in [0.1, 0.15) is 0 Å². The second-order valence-corrected chi connectivity index (χ2v) is 5.04. The zero-order chi connectivity index (χ0) is 13.5. The normalized spacial score (nSPS) is 10.6. The molecule has 3 heteroatoms. The van der Waals surface area contributed by atoms with Crippen LogP contribution < -0.4 is 5.32 Å². The van der Waals surface area contributed by atoms with Crippen LogP contribution in [-0.4, -0.2) is 11.5 Å². The molecule has 100 valence electrons. The minimum Gasteiger partial charge on any atom is -0.313 e. The number of aromatic nitrogens is 1. The summed E-state index contributed by atoms with van der Waals surface area (Å²) in [6.07, 6.45) is 5.71. The Balaban J connectivity index is 2.07. The van der Waals surface area contributed by atoms with Gasteiger partial charge in [0.2, 0.25) is 0 Å². The van der Waals surface area contributed by atoms with Crippen molar-refractivity contribution in [1.29, 1.82) is 0 Å². The van der Waals surface area contributed by atoms with E-state index in [9.17, 15) is 0 Å². The average molecular weight is 275 g/mol. The number of hydrogen-bond donors (Lipinski definition) is 1. The molecule has 1 N–H and O–H groups in total. The molecular formula is C16H19ClN2. The molecule has 0 radical (unpaired) electrons. The monoisotopic (exact) mass is 274 g/mol. The summed E-state index contributed by atoms with van der Waals surface area (Å²) in [6.45, 7) is 4.01. The van der Waals surface area contributed by atoms with Crippen LogP contribution in [0.1, 0.15) is 30.0 Å². The molecule has 2 rings (SSSR count). The van der Waals surface area contributed by atoms with Gasteiger partial charge in [-0.05, 0) is 54.3 Å². The first-order chi connectivity index (χ1) is 9.29. The standard InChI is InChI=1S/C16H19ClN2/c1-2-7-19-12-15-11-14(3-4-16(15)17)10-13-5-8-18-9-6-13/h3-6,8-9,11,19H,2,7,10,12H2,1H3. The summed E-state index contributed by atoms with van der Waals surface area (Å²) in [5, 5.41) is 4.22. The topological polar surface area (TPSA) is 24.9 Å². The number of nitrogens with one attached hydrogen (secondary N) is 1.